The molecule has 1 aromatic carbocycles. The van der Waals surface area contributed by atoms with E-state index in [-0.39, 0.29) is 5.82 Å². The first-order valence-corrected chi connectivity index (χ1v) is 6.55. The fourth-order valence-electron chi connectivity index (χ4n) is 2.08. The summed E-state index contributed by atoms with van der Waals surface area (Å²) in [5.41, 5.74) is 0.832. The van der Waals surface area contributed by atoms with Crippen LogP contribution in [0.4, 0.5) is 4.39 Å². The molecular weight excluding hydrogens is 255 g/mol. The minimum absolute atomic E-state index is 0.0736. The molecule has 0 nitrogen and oxygen atoms in total. The molecule has 1 aliphatic carbocycles. The number of halogens is 2. The molecule has 2 heteroatoms. The first-order chi connectivity index (χ1) is 7.25. The van der Waals surface area contributed by atoms with Gasteiger partial charge in [0.05, 0.1) is 0 Å². The van der Waals surface area contributed by atoms with Crippen molar-refractivity contribution in [3.05, 3.63) is 35.6 Å². The van der Waals surface area contributed by atoms with Crippen LogP contribution in [-0.4, -0.2) is 4.83 Å². The Balaban J connectivity index is 1.87. The quantitative estimate of drug-likeness (QED) is 0.715. The fraction of sp³-hybridized carbons (Fsp3) is 0.538. The van der Waals surface area contributed by atoms with Gasteiger partial charge in [0.1, 0.15) is 5.82 Å². The van der Waals surface area contributed by atoms with E-state index in [1.807, 2.05) is 12.1 Å². The standard InChI is InChI=1S/C13H16BrF/c14-12(8-10-4-3-5-10)9-11-6-1-2-7-13(11)15/h1-2,6-7,10,12H,3-5,8-9H2. The van der Waals surface area contributed by atoms with E-state index in [0.717, 1.165) is 17.9 Å². The van der Waals surface area contributed by atoms with Crippen LogP contribution in [0.1, 0.15) is 31.2 Å². The highest BCUT2D eigenvalue weighted by Gasteiger charge is 2.21. The summed E-state index contributed by atoms with van der Waals surface area (Å²) in [4.78, 5) is 0.430. The lowest BCUT2D eigenvalue weighted by atomic mass is 9.81. The summed E-state index contributed by atoms with van der Waals surface area (Å²) in [6.07, 6.45) is 6.10. The average Bonchev–Trinajstić information content (AvgIpc) is 2.16. The van der Waals surface area contributed by atoms with Crippen LogP contribution >= 0.6 is 15.9 Å². The molecule has 0 bridgehead atoms. The van der Waals surface area contributed by atoms with E-state index in [1.165, 1.54) is 25.7 Å². The van der Waals surface area contributed by atoms with E-state index < -0.39 is 0 Å². The summed E-state index contributed by atoms with van der Waals surface area (Å²) in [6.45, 7) is 0. The van der Waals surface area contributed by atoms with E-state index in [9.17, 15) is 4.39 Å². The summed E-state index contributed by atoms with van der Waals surface area (Å²) < 4.78 is 13.4. The lowest BCUT2D eigenvalue weighted by molar-refractivity contribution is 0.294. The van der Waals surface area contributed by atoms with Gasteiger partial charge in [0.15, 0.2) is 0 Å². The third-order valence-electron chi connectivity index (χ3n) is 3.21. The van der Waals surface area contributed by atoms with Crippen molar-refractivity contribution in [2.45, 2.75) is 36.9 Å². The monoisotopic (exact) mass is 270 g/mol. The van der Waals surface area contributed by atoms with Crippen LogP contribution in [0.25, 0.3) is 0 Å². The second-order valence-electron chi connectivity index (χ2n) is 4.43. The van der Waals surface area contributed by atoms with Crippen molar-refractivity contribution in [1.82, 2.24) is 0 Å². The van der Waals surface area contributed by atoms with Crippen molar-refractivity contribution in [2.24, 2.45) is 5.92 Å². The predicted molar refractivity (Wildman–Crippen MR) is 64.8 cm³/mol. The summed E-state index contributed by atoms with van der Waals surface area (Å²) in [6, 6.07) is 7.07. The molecule has 0 N–H and O–H groups in total. The number of hydrogen-bond donors (Lipinski definition) is 0. The molecule has 1 unspecified atom stereocenters. The van der Waals surface area contributed by atoms with E-state index >= 15 is 0 Å². The molecule has 0 spiro atoms. The van der Waals surface area contributed by atoms with Crippen LogP contribution in [0.2, 0.25) is 0 Å². The first-order valence-electron chi connectivity index (χ1n) is 5.63. The Morgan fingerprint density at radius 2 is 2.07 bits per heavy atom. The van der Waals surface area contributed by atoms with Crippen LogP contribution in [-0.2, 0) is 6.42 Å². The third kappa shape index (κ3) is 3.04. The van der Waals surface area contributed by atoms with Crippen molar-refractivity contribution in [2.75, 3.05) is 0 Å². The topological polar surface area (TPSA) is 0 Å². The molecule has 0 radical (unpaired) electrons. The normalized spacial score (nSPS) is 18.5. The fourth-order valence-corrected chi connectivity index (χ4v) is 2.95. The Kier molecular flexibility index (Phi) is 3.79. The molecule has 1 saturated carbocycles. The molecule has 1 atom stereocenters. The van der Waals surface area contributed by atoms with Crippen LogP contribution in [0.5, 0.6) is 0 Å². The molecule has 2 rings (SSSR count). The summed E-state index contributed by atoms with van der Waals surface area (Å²) in [7, 11) is 0. The van der Waals surface area contributed by atoms with Gasteiger partial charge >= 0.3 is 0 Å². The highest BCUT2D eigenvalue weighted by molar-refractivity contribution is 9.09. The van der Waals surface area contributed by atoms with Crippen molar-refractivity contribution >= 4 is 15.9 Å². The summed E-state index contributed by atoms with van der Waals surface area (Å²) >= 11 is 3.66. The molecule has 1 fully saturated rings. The lowest BCUT2D eigenvalue weighted by Gasteiger charge is -2.27. The van der Waals surface area contributed by atoms with Crippen molar-refractivity contribution in [3.63, 3.8) is 0 Å². The molecular formula is C13H16BrF. The number of alkyl halides is 1. The third-order valence-corrected chi connectivity index (χ3v) is 3.91. The minimum atomic E-state index is -0.0736. The van der Waals surface area contributed by atoms with Crippen LogP contribution in [0, 0.1) is 11.7 Å². The maximum atomic E-state index is 13.4. The predicted octanol–water partition coefficient (Wildman–Crippen LogP) is 4.32. The first kappa shape index (κ1) is 11.1. The van der Waals surface area contributed by atoms with Gasteiger partial charge in [-0.25, -0.2) is 4.39 Å². The van der Waals surface area contributed by atoms with Gasteiger partial charge in [-0.15, -0.1) is 0 Å². The minimum Gasteiger partial charge on any atom is -0.207 e. The van der Waals surface area contributed by atoms with Crippen LogP contribution in [0.15, 0.2) is 24.3 Å². The maximum absolute atomic E-state index is 13.4. The van der Waals surface area contributed by atoms with E-state index in [1.54, 1.807) is 12.1 Å². The second kappa shape index (κ2) is 5.11. The molecule has 82 valence electrons. The molecule has 0 saturated heterocycles. The lowest BCUT2D eigenvalue weighted by Crippen LogP contribution is -2.17. The van der Waals surface area contributed by atoms with E-state index in [2.05, 4.69) is 15.9 Å². The molecule has 1 aliphatic rings. The van der Waals surface area contributed by atoms with Gasteiger partial charge < -0.3 is 0 Å². The average molecular weight is 271 g/mol. The maximum Gasteiger partial charge on any atom is 0.126 e. The van der Waals surface area contributed by atoms with E-state index in [0.29, 0.717) is 4.83 Å². The number of hydrogen-bond acceptors (Lipinski definition) is 0. The van der Waals surface area contributed by atoms with Crippen molar-refractivity contribution in [3.8, 4) is 0 Å². The van der Waals surface area contributed by atoms with Crippen LogP contribution in [0.3, 0.4) is 0 Å². The molecule has 15 heavy (non-hydrogen) atoms. The van der Waals surface area contributed by atoms with Gasteiger partial charge in [0.2, 0.25) is 0 Å². The molecule has 1 aromatic rings. The number of benzene rings is 1. The molecule has 0 aliphatic heterocycles. The number of rotatable bonds is 4. The molecule has 0 amide bonds. The molecule has 0 aromatic heterocycles. The van der Waals surface area contributed by atoms with Gasteiger partial charge in [-0.3, -0.25) is 0 Å². The largest absolute Gasteiger partial charge is 0.207 e. The van der Waals surface area contributed by atoms with Crippen molar-refractivity contribution < 1.29 is 4.39 Å². The molecule has 0 heterocycles. The Labute approximate surface area is 99.0 Å². The zero-order valence-electron chi connectivity index (χ0n) is 8.76. The highest BCUT2D eigenvalue weighted by Crippen LogP contribution is 2.33. The Morgan fingerprint density at radius 1 is 1.33 bits per heavy atom. The van der Waals surface area contributed by atoms with Gasteiger partial charge in [-0.2, -0.15) is 0 Å². The summed E-state index contributed by atoms with van der Waals surface area (Å²) in [5.74, 6) is 0.803. The Hall–Kier alpha value is -0.370. The zero-order valence-corrected chi connectivity index (χ0v) is 10.3. The van der Waals surface area contributed by atoms with Crippen molar-refractivity contribution in [1.29, 1.82) is 0 Å². The second-order valence-corrected chi connectivity index (χ2v) is 5.72. The zero-order chi connectivity index (χ0) is 10.7. The highest BCUT2D eigenvalue weighted by atomic mass is 79.9. The van der Waals surface area contributed by atoms with Crippen LogP contribution < -0.4 is 0 Å². The SMILES string of the molecule is Fc1ccccc1CC(Br)CC1CCC1. The van der Waals surface area contributed by atoms with E-state index in [4.69, 9.17) is 0 Å². The summed E-state index contributed by atoms with van der Waals surface area (Å²) in [5, 5.41) is 0. The smallest absolute Gasteiger partial charge is 0.126 e. The van der Waals surface area contributed by atoms with Gasteiger partial charge in [-0.05, 0) is 30.4 Å². The van der Waals surface area contributed by atoms with Gasteiger partial charge in [0, 0.05) is 4.83 Å². The van der Waals surface area contributed by atoms with Gasteiger partial charge in [-0.1, -0.05) is 53.4 Å². The van der Waals surface area contributed by atoms with Gasteiger partial charge in [0.25, 0.3) is 0 Å². The Morgan fingerprint density at radius 3 is 2.67 bits per heavy atom. The Bertz CT molecular complexity index is 320.